The number of imidazole rings is 1. The molecule has 0 saturated carbocycles. The molecule has 0 aliphatic rings. The number of nitrogens with one attached hydrogen (secondary N) is 1. The summed E-state index contributed by atoms with van der Waals surface area (Å²) in [6.45, 7) is 0. The number of nitrogens with two attached hydrogens (primary N) is 1. The highest BCUT2D eigenvalue weighted by Crippen LogP contribution is 1.99. The summed E-state index contributed by atoms with van der Waals surface area (Å²) in [6, 6.07) is -1.14. The highest BCUT2D eigenvalue weighted by Gasteiger charge is 2.20. The van der Waals surface area contributed by atoms with Crippen molar-refractivity contribution in [1.82, 2.24) is 9.97 Å². The van der Waals surface area contributed by atoms with Gasteiger partial charge in [-0.15, -0.1) is 0 Å². The molecule has 10 heteroatoms. The molecule has 0 radical (unpaired) electrons. The van der Waals surface area contributed by atoms with Crippen molar-refractivity contribution >= 4 is 16.4 Å². The van der Waals surface area contributed by atoms with E-state index < -0.39 is 22.4 Å². The zero-order chi connectivity index (χ0) is 12.2. The molecule has 1 rings (SSSR count). The van der Waals surface area contributed by atoms with Crippen molar-refractivity contribution in [3.63, 3.8) is 0 Å². The Bertz CT molecular complexity index is 441. The molecule has 1 heterocycles. The number of nitrogens with zero attached hydrogens (tertiary/aromatic N) is 1. The van der Waals surface area contributed by atoms with E-state index >= 15 is 0 Å². The van der Waals surface area contributed by atoms with Crippen LogP contribution >= 0.6 is 0 Å². The van der Waals surface area contributed by atoms with E-state index in [0.29, 0.717) is 5.69 Å². The molecular formula is C6H9N3O6S. The molecule has 9 nitrogen and oxygen atoms in total. The number of hydrogen-bond acceptors (Lipinski definition) is 7. The van der Waals surface area contributed by atoms with Crippen LogP contribution in [0.5, 0.6) is 0 Å². The predicted molar refractivity (Wildman–Crippen MR) is 49.0 cm³/mol. The fraction of sp³-hybridized carbons (Fsp3) is 0.333. The summed E-state index contributed by atoms with van der Waals surface area (Å²) < 4.78 is 31.7. The van der Waals surface area contributed by atoms with Crippen molar-refractivity contribution in [2.75, 3.05) is 0 Å². The highest BCUT2D eigenvalue weighted by molar-refractivity contribution is 7.80. The smallest absolute Gasteiger partial charge is 0.348 e. The van der Waals surface area contributed by atoms with E-state index in [2.05, 4.69) is 19.2 Å². The van der Waals surface area contributed by atoms with Crippen LogP contribution in [0.1, 0.15) is 5.69 Å². The molecule has 0 spiro atoms. The zero-order valence-electron chi connectivity index (χ0n) is 7.86. The van der Waals surface area contributed by atoms with E-state index in [4.69, 9.17) is 10.3 Å². The second-order valence-corrected chi connectivity index (χ2v) is 3.78. The van der Waals surface area contributed by atoms with Gasteiger partial charge in [-0.1, -0.05) is 0 Å². The fourth-order valence-electron chi connectivity index (χ4n) is 0.855. The Labute approximate surface area is 90.5 Å². The maximum Gasteiger partial charge on any atom is 0.432 e. The topological polar surface area (TPSA) is 145 Å². The monoisotopic (exact) mass is 251 g/mol. The van der Waals surface area contributed by atoms with Crippen molar-refractivity contribution in [1.29, 1.82) is 0 Å². The molecule has 1 unspecified atom stereocenters. The van der Waals surface area contributed by atoms with Gasteiger partial charge in [-0.3, -0.25) is 9.44 Å². The molecule has 1 aromatic rings. The molecule has 4 N–H and O–H groups in total. The van der Waals surface area contributed by atoms with Gasteiger partial charge in [-0.2, -0.15) is 8.42 Å². The maximum absolute atomic E-state index is 11.0. The van der Waals surface area contributed by atoms with Crippen molar-refractivity contribution in [2.45, 2.75) is 12.5 Å². The lowest BCUT2D eigenvalue weighted by atomic mass is 10.2. The Morgan fingerprint density at radius 3 is 2.88 bits per heavy atom. The molecule has 0 bridgehead atoms. The first-order valence-corrected chi connectivity index (χ1v) is 5.35. The summed E-state index contributed by atoms with van der Waals surface area (Å²) in [4.78, 5) is 21.2. The van der Waals surface area contributed by atoms with E-state index in [1.807, 2.05) is 0 Å². The van der Waals surface area contributed by atoms with Crippen LogP contribution in [0.4, 0.5) is 0 Å². The van der Waals surface area contributed by atoms with Crippen molar-refractivity contribution < 1.29 is 27.0 Å². The highest BCUT2D eigenvalue weighted by atomic mass is 32.3. The minimum Gasteiger partial charge on any atom is -0.348 e. The van der Waals surface area contributed by atoms with Gasteiger partial charge in [0.25, 0.3) is 0 Å². The Balaban J connectivity index is 2.42. The third-order valence-corrected chi connectivity index (χ3v) is 1.74. The average Bonchev–Trinajstić information content (AvgIpc) is 2.65. The van der Waals surface area contributed by atoms with E-state index in [1.165, 1.54) is 12.5 Å². The van der Waals surface area contributed by atoms with Gasteiger partial charge in [-0.25, -0.2) is 9.78 Å². The van der Waals surface area contributed by atoms with Crippen LogP contribution in [0, 0.1) is 0 Å². The van der Waals surface area contributed by atoms with E-state index in [9.17, 15) is 13.2 Å². The molecule has 1 atom stereocenters. The van der Waals surface area contributed by atoms with Crippen LogP contribution in [0.2, 0.25) is 0 Å². The summed E-state index contributed by atoms with van der Waals surface area (Å²) in [5.41, 5.74) is 5.93. The van der Waals surface area contributed by atoms with Crippen LogP contribution in [0.3, 0.4) is 0 Å². The molecule has 16 heavy (non-hydrogen) atoms. The largest absolute Gasteiger partial charge is 0.432 e. The minimum absolute atomic E-state index is 0.0632. The van der Waals surface area contributed by atoms with Crippen molar-refractivity contribution in [3.8, 4) is 0 Å². The standard InChI is InChI=1S/C6H9N3O6S/c7-5(1-4-2-8-3-9-4)6(10)14-15-16(11,12)13/h2-3,5H,1,7H2,(H,8,9)(H,11,12,13). The molecule has 0 aliphatic carbocycles. The minimum atomic E-state index is -4.83. The molecule has 0 fully saturated rings. The SMILES string of the molecule is NC(Cc1cnc[nH]1)C(=O)OOS(=O)(=O)O. The summed E-state index contributed by atoms with van der Waals surface area (Å²) in [5.74, 6) is -1.13. The average molecular weight is 251 g/mol. The number of rotatable bonds is 5. The second-order valence-electron chi connectivity index (χ2n) is 2.79. The van der Waals surface area contributed by atoms with Gasteiger partial charge in [0.05, 0.1) is 6.33 Å². The molecule has 0 saturated heterocycles. The Kier molecular flexibility index (Phi) is 3.95. The lowest BCUT2D eigenvalue weighted by molar-refractivity contribution is -0.216. The maximum atomic E-state index is 11.0. The van der Waals surface area contributed by atoms with E-state index in [-0.39, 0.29) is 6.42 Å². The normalized spacial score (nSPS) is 13.4. The Morgan fingerprint density at radius 2 is 2.38 bits per heavy atom. The van der Waals surface area contributed by atoms with Crippen LogP contribution < -0.4 is 5.73 Å². The van der Waals surface area contributed by atoms with Gasteiger partial charge in [0.15, 0.2) is 0 Å². The number of carbonyl (C=O) groups is 1. The van der Waals surface area contributed by atoms with E-state index in [0.717, 1.165) is 0 Å². The van der Waals surface area contributed by atoms with Gasteiger partial charge in [0, 0.05) is 18.3 Å². The number of carbonyl (C=O) groups excluding carboxylic acids is 1. The van der Waals surface area contributed by atoms with Crippen LogP contribution in [-0.2, 0) is 30.8 Å². The first-order chi connectivity index (χ1) is 7.38. The van der Waals surface area contributed by atoms with Crippen LogP contribution in [0.15, 0.2) is 12.5 Å². The second kappa shape index (κ2) is 5.03. The lowest BCUT2D eigenvalue weighted by Crippen LogP contribution is -2.35. The third kappa shape index (κ3) is 4.35. The van der Waals surface area contributed by atoms with Gasteiger partial charge >= 0.3 is 16.4 Å². The molecule has 0 aromatic carbocycles. The molecule has 1 aromatic heterocycles. The van der Waals surface area contributed by atoms with Crippen LogP contribution in [0.25, 0.3) is 0 Å². The number of hydrogen-bond donors (Lipinski definition) is 3. The summed E-state index contributed by atoms with van der Waals surface area (Å²) >= 11 is 0. The number of H-pyrrole nitrogens is 1. The Hall–Kier alpha value is -1.49. The zero-order valence-corrected chi connectivity index (χ0v) is 8.68. The lowest BCUT2D eigenvalue weighted by Gasteiger charge is -2.06. The third-order valence-electron chi connectivity index (χ3n) is 1.50. The summed E-state index contributed by atoms with van der Waals surface area (Å²) in [6.07, 6.45) is 2.90. The van der Waals surface area contributed by atoms with Gasteiger partial charge in [-0.05, 0) is 4.33 Å². The predicted octanol–water partition coefficient (Wildman–Crippen LogP) is -1.44. The molecule has 90 valence electrons. The Morgan fingerprint density at radius 1 is 1.69 bits per heavy atom. The number of aromatic amines is 1. The molecular weight excluding hydrogens is 242 g/mol. The molecule has 0 aliphatic heterocycles. The van der Waals surface area contributed by atoms with Crippen molar-refractivity contribution in [2.24, 2.45) is 5.73 Å². The fourth-order valence-corrected chi connectivity index (χ4v) is 1.01. The summed E-state index contributed by atoms with van der Waals surface area (Å²) in [5, 5.41) is 0. The summed E-state index contributed by atoms with van der Waals surface area (Å²) in [7, 11) is -4.83. The van der Waals surface area contributed by atoms with Gasteiger partial charge in [0.2, 0.25) is 0 Å². The van der Waals surface area contributed by atoms with Crippen molar-refractivity contribution in [3.05, 3.63) is 18.2 Å². The quantitative estimate of drug-likeness (QED) is 0.327. The first-order valence-electron chi connectivity index (χ1n) is 3.99. The molecule has 0 amide bonds. The van der Waals surface area contributed by atoms with Crippen LogP contribution in [-0.4, -0.2) is 34.9 Å². The van der Waals surface area contributed by atoms with E-state index in [1.54, 1.807) is 0 Å². The van der Waals surface area contributed by atoms with Gasteiger partial charge < -0.3 is 10.7 Å². The van der Waals surface area contributed by atoms with Gasteiger partial charge in [0.1, 0.15) is 6.04 Å². The first kappa shape index (κ1) is 12.6. The number of aromatic nitrogens is 2.